The van der Waals surface area contributed by atoms with Crippen LogP contribution in [0.15, 0.2) is 65.6 Å². The van der Waals surface area contributed by atoms with Crippen molar-refractivity contribution in [2.24, 2.45) is 0 Å². The SMILES string of the molecule is c1ccc2cc(Oc3ccc4c(c3)SNC3CCCN43)ccc2c1. The van der Waals surface area contributed by atoms with Gasteiger partial charge in [0.25, 0.3) is 0 Å². The fraction of sp³-hybridized carbons (Fsp3) is 0.200. The van der Waals surface area contributed by atoms with Gasteiger partial charge in [0, 0.05) is 11.4 Å². The maximum Gasteiger partial charge on any atom is 0.128 e. The zero-order valence-electron chi connectivity index (χ0n) is 13.2. The Morgan fingerprint density at radius 2 is 1.79 bits per heavy atom. The molecule has 0 radical (unpaired) electrons. The fourth-order valence-electron chi connectivity index (χ4n) is 3.55. The molecule has 3 aromatic carbocycles. The maximum atomic E-state index is 6.10. The first-order valence-corrected chi connectivity index (χ1v) is 9.18. The van der Waals surface area contributed by atoms with Crippen LogP contribution < -0.4 is 14.4 Å². The number of anilines is 1. The van der Waals surface area contributed by atoms with Gasteiger partial charge in [0.1, 0.15) is 11.5 Å². The third-order valence-electron chi connectivity index (χ3n) is 4.76. The lowest BCUT2D eigenvalue weighted by molar-refractivity contribution is 0.481. The molecule has 1 N–H and O–H groups in total. The van der Waals surface area contributed by atoms with Gasteiger partial charge in [-0.25, -0.2) is 4.72 Å². The van der Waals surface area contributed by atoms with Crippen molar-refractivity contribution in [1.29, 1.82) is 0 Å². The summed E-state index contributed by atoms with van der Waals surface area (Å²) in [5, 5.41) is 2.43. The van der Waals surface area contributed by atoms with Crippen LogP contribution in [0.3, 0.4) is 0 Å². The molecule has 120 valence electrons. The number of fused-ring (bicyclic) bond motifs is 4. The van der Waals surface area contributed by atoms with Gasteiger partial charge >= 0.3 is 0 Å². The first-order chi connectivity index (χ1) is 11.9. The fourth-order valence-corrected chi connectivity index (χ4v) is 4.53. The van der Waals surface area contributed by atoms with Crippen molar-refractivity contribution < 1.29 is 4.74 Å². The maximum absolute atomic E-state index is 6.10. The Balaban J connectivity index is 1.44. The standard InChI is InChI=1S/C20H18N2OS/c1-2-5-15-12-16(8-7-14(15)4-1)23-17-9-10-18-19(13-17)24-21-20-6-3-11-22(18)20/h1-2,4-5,7-10,12-13,20-21H,3,6,11H2. The van der Waals surface area contributed by atoms with E-state index in [2.05, 4.69) is 64.2 Å². The summed E-state index contributed by atoms with van der Waals surface area (Å²) < 4.78 is 9.64. The number of benzene rings is 3. The van der Waals surface area contributed by atoms with E-state index >= 15 is 0 Å². The van der Waals surface area contributed by atoms with Crippen molar-refractivity contribution in [2.75, 3.05) is 11.4 Å². The zero-order valence-corrected chi connectivity index (χ0v) is 14.1. The summed E-state index contributed by atoms with van der Waals surface area (Å²) in [5.74, 6) is 1.76. The Morgan fingerprint density at radius 3 is 2.75 bits per heavy atom. The number of nitrogens with zero attached hydrogens (tertiary/aromatic N) is 1. The quantitative estimate of drug-likeness (QED) is 0.654. The van der Waals surface area contributed by atoms with Crippen LogP contribution >= 0.6 is 11.9 Å². The van der Waals surface area contributed by atoms with E-state index in [9.17, 15) is 0 Å². The minimum Gasteiger partial charge on any atom is -0.457 e. The van der Waals surface area contributed by atoms with E-state index < -0.39 is 0 Å². The van der Waals surface area contributed by atoms with Crippen LogP contribution in [0.1, 0.15) is 12.8 Å². The largest absolute Gasteiger partial charge is 0.457 e. The van der Waals surface area contributed by atoms with Crippen LogP contribution in [0.25, 0.3) is 10.8 Å². The smallest absolute Gasteiger partial charge is 0.128 e. The molecule has 1 atom stereocenters. The normalized spacial score (nSPS) is 19.2. The lowest BCUT2D eigenvalue weighted by Crippen LogP contribution is -2.41. The average molecular weight is 334 g/mol. The Morgan fingerprint density at radius 1 is 0.958 bits per heavy atom. The number of nitrogens with one attached hydrogen (secondary N) is 1. The Hall–Kier alpha value is -2.17. The highest BCUT2D eigenvalue weighted by Crippen LogP contribution is 2.41. The number of rotatable bonds is 2. The predicted molar refractivity (Wildman–Crippen MR) is 99.8 cm³/mol. The summed E-state index contributed by atoms with van der Waals surface area (Å²) in [6.45, 7) is 1.14. The lowest BCUT2D eigenvalue weighted by Gasteiger charge is -2.33. The summed E-state index contributed by atoms with van der Waals surface area (Å²) in [6.07, 6.45) is 2.96. The molecule has 3 aromatic rings. The molecule has 2 aliphatic rings. The minimum atomic E-state index is 0.481. The monoisotopic (exact) mass is 334 g/mol. The molecule has 5 rings (SSSR count). The molecule has 0 amide bonds. The van der Waals surface area contributed by atoms with E-state index in [0.717, 1.165) is 18.0 Å². The lowest BCUT2D eigenvalue weighted by atomic mass is 10.1. The van der Waals surface area contributed by atoms with Crippen LogP contribution in [-0.4, -0.2) is 12.7 Å². The molecule has 1 saturated heterocycles. The molecule has 2 heterocycles. The highest BCUT2D eigenvalue weighted by molar-refractivity contribution is 7.97. The van der Waals surface area contributed by atoms with Gasteiger partial charge in [0.2, 0.25) is 0 Å². The van der Waals surface area contributed by atoms with Crippen molar-refractivity contribution in [3.05, 3.63) is 60.7 Å². The Kier molecular flexibility index (Phi) is 3.39. The number of ether oxygens (including phenoxy) is 1. The highest BCUT2D eigenvalue weighted by Gasteiger charge is 2.30. The van der Waals surface area contributed by atoms with E-state index in [1.807, 2.05) is 6.07 Å². The van der Waals surface area contributed by atoms with Gasteiger partial charge in [-0.2, -0.15) is 0 Å². The van der Waals surface area contributed by atoms with Crippen LogP contribution in [0.2, 0.25) is 0 Å². The summed E-state index contributed by atoms with van der Waals surface area (Å²) in [6, 6.07) is 21.0. The van der Waals surface area contributed by atoms with E-state index in [1.54, 1.807) is 11.9 Å². The first kappa shape index (κ1) is 14.2. The Labute approximate surface area is 145 Å². The van der Waals surface area contributed by atoms with Crippen molar-refractivity contribution in [1.82, 2.24) is 4.72 Å². The molecular formula is C20H18N2OS. The third-order valence-corrected chi connectivity index (χ3v) is 5.69. The van der Waals surface area contributed by atoms with Gasteiger partial charge in [-0.05, 0) is 65.9 Å². The van der Waals surface area contributed by atoms with Gasteiger partial charge < -0.3 is 9.64 Å². The molecule has 24 heavy (non-hydrogen) atoms. The second kappa shape index (κ2) is 5.72. The van der Waals surface area contributed by atoms with Crippen LogP contribution in [0, 0.1) is 0 Å². The number of hydrogen-bond donors (Lipinski definition) is 1. The van der Waals surface area contributed by atoms with E-state index in [4.69, 9.17) is 4.74 Å². The molecule has 2 aliphatic heterocycles. The van der Waals surface area contributed by atoms with Crippen molar-refractivity contribution in [3.63, 3.8) is 0 Å². The molecule has 0 bridgehead atoms. The molecule has 4 heteroatoms. The first-order valence-electron chi connectivity index (χ1n) is 8.36. The molecule has 0 aliphatic carbocycles. The highest BCUT2D eigenvalue weighted by atomic mass is 32.2. The van der Waals surface area contributed by atoms with E-state index in [0.29, 0.717) is 6.17 Å². The van der Waals surface area contributed by atoms with Crippen molar-refractivity contribution in [3.8, 4) is 11.5 Å². The van der Waals surface area contributed by atoms with Crippen molar-refractivity contribution in [2.45, 2.75) is 23.9 Å². The van der Waals surface area contributed by atoms with Crippen molar-refractivity contribution >= 4 is 28.4 Å². The van der Waals surface area contributed by atoms with Gasteiger partial charge in [-0.15, -0.1) is 0 Å². The molecular weight excluding hydrogens is 316 g/mol. The third kappa shape index (κ3) is 2.43. The predicted octanol–water partition coefficient (Wildman–Crippen LogP) is 5.17. The summed E-state index contributed by atoms with van der Waals surface area (Å²) in [4.78, 5) is 3.71. The molecule has 1 unspecified atom stereocenters. The second-order valence-corrected chi connectivity index (χ2v) is 7.19. The second-order valence-electron chi connectivity index (χ2n) is 6.31. The Bertz CT molecular complexity index is 911. The minimum absolute atomic E-state index is 0.481. The molecule has 3 nitrogen and oxygen atoms in total. The molecule has 0 spiro atoms. The van der Waals surface area contributed by atoms with E-state index in [-0.39, 0.29) is 0 Å². The average Bonchev–Trinajstić information content (AvgIpc) is 3.10. The molecule has 0 aromatic heterocycles. The summed E-state index contributed by atoms with van der Waals surface area (Å²) in [5.41, 5.74) is 1.33. The molecule has 1 fully saturated rings. The van der Waals surface area contributed by atoms with Gasteiger partial charge in [0.05, 0.1) is 11.9 Å². The van der Waals surface area contributed by atoms with E-state index in [1.165, 1.54) is 34.2 Å². The summed E-state index contributed by atoms with van der Waals surface area (Å²) in [7, 11) is 0. The van der Waals surface area contributed by atoms with Crippen LogP contribution in [-0.2, 0) is 0 Å². The summed E-state index contributed by atoms with van der Waals surface area (Å²) >= 11 is 1.72. The van der Waals surface area contributed by atoms with Crippen LogP contribution in [0.4, 0.5) is 5.69 Å². The van der Waals surface area contributed by atoms with Crippen LogP contribution in [0.5, 0.6) is 11.5 Å². The van der Waals surface area contributed by atoms with Gasteiger partial charge in [-0.3, -0.25) is 0 Å². The van der Waals surface area contributed by atoms with Gasteiger partial charge in [-0.1, -0.05) is 30.3 Å². The molecule has 0 saturated carbocycles. The number of hydrogen-bond acceptors (Lipinski definition) is 4. The topological polar surface area (TPSA) is 24.5 Å². The van der Waals surface area contributed by atoms with Gasteiger partial charge in [0.15, 0.2) is 0 Å². The zero-order chi connectivity index (χ0) is 15.9.